The third kappa shape index (κ3) is 5.35. The second-order valence-corrected chi connectivity index (χ2v) is 7.59. The number of hydrogen-bond donors (Lipinski definition) is 0. The van der Waals surface area contributed by atoms with E-state index in [1.165, 1.54) is 12.1 Å². The highest BCUT2D eigenvalue weighted by Gasteiger charge is 2.30. The van der Waals surface area contributed by atoms with E-state index in [9.17, 15) is 17.6 Å². The normalized spacial score (nSPS) is 22.2. The second-order valence-electron chi connectivity index (χ2n) is 7.59. The average Bonchev–Trinajstić information content (AvgIpc) is 2.63. The Morgan fingerprint density at radius 3 is 2.33 bits per heavy atom. The zero-order chi connectivity index (χ0) is 19.4. The molecule has 0 bridgehead atoms. The summed E-state index contributed by atoms with van der Waals surface area (Å²) in [6.45, 7) is 1.67. The van der Waals surface area contributed by atoms with Gasteiger partial charge in [0.1, 0.15) is 11.5 Å². The topological polar surface area (TPSA) is 0 Å². The highest BCUT2D eigenvalue weighted by molar-refractivity contribution is 5.44. The van der Waals surface area contributed by atoms with Gasteiger partial charge in [-0.2, -0.15) is 0 Å². The fraction of sp³-hybridized carbons (Fsp3) is 0.391. The van der Waals surface area contributed by atoms with Crippen molar-refractivity contribution in [3.05, 3.63) is 70.5 Å². The van der Waals surface area contributed by atoms with E-state index in [0.717, 1.165) is 43.4 Å². The first-order chi connectivity index (χ1) is 12.8. The van der Waals surface area contributed by atoms with Gasteiger partial charge in [0, 0.05) is 5.56 Å². The lowest BCUT2D eigenvalue weighted by atomic mass is 9.79. The molecule has 0 saturated heterocycles. The smallest absolute Gasteiger partial charge is 0.160 e. The van der Waals surface area contributed by atoms with Crippen molar-refractivity contribution in [3.63, 3.8) is 0 Å². The van der Waals surface area contributed by atoms with Gasteiger partial charge in [-0.25, -0.2) is 17.6 Å². The standard InChI is InChI=1S/C23H22F4/c1-23(27)12-10-16(11-13-23)2-3-17-4-7-19(21(25)14-17)8-5-18-6-9-20(24)22(26)15-18/h4,6-7,9,14-16H,2-3,10-13H2,1H3. The van der Waals surface area contributed by atoms with Gasteiger partial charge < -0.3 is 0 Å². The largest absolute Gasteiger partial charge is 0.244 e. The minimum absolute atomic E-state index is 0.217. The maximum Gasteiger partial charge on any atom is 0.160 e. The highest BCUT2D eigenvalue weighted by Crippen LogP contribution is 2.36. The van der Waals surface area contributed by atoms with E-state index in [4.69, 9.17) is 0 Å². The summed E-state index contributed by atoms with van der Waals surface area (Å²) >= 11 is 0. The number of aryl methyl sites for hydroxylation is 1. The van der Waals surface area contributed by atoms with Gasteiger partial charge in [0.15, 0.2) is 11.6 Å². The van der Waals surface area contributed by atoms with Gasteiger partial charge in [-0.1, -0.05) is 17.9 Å². The molecule has 2 aromatic carbocycles. The molecule has 0 heterocycles. The van der Waals surface area contributed by atoms with Crippen LogP contribution in [0.1, 0.15) is 55.7 Å². The van der Waals surface area contributed by atoms with Crippen LogP contribution in [0.3, 0.4) is 0 Å². The molecular formula is C23H22F4. The number of halogens is 4. The Labute approximate surface area is 157 Å². The Balaban J connectivity index is 1.61. The van der Waals surface area contributed by atoms with E-state index >= 15 is 0 Å². The zero-order valence-corrected chi connectivity index (χ0v) is 15.3. The van der Waals surface area contributed by atoms with Crippen LogP contribution in [-0.2, 0) is 6.42 Å². The van der Waals surface area contributed by atoms with Crippen LogP contribution in [-0.4, -0.2) is 5.67 Å². The van der Waals surface area contributed by atoms with Crippen LogP contribution in [0.2, 0.25) is 0 Å². The summed E-state index contributed by atoms with van der Waals surface area (Å²) in [5, 5.41) is 0. The van der Waals surface area contributed by atoms with E-state index in [1.807, 2.05) is 6.07 Å². The summed E-state index contributed by atoms with van der Waals surface area (Å²) in [4.78, 5) is 0. The Hall–Kier alpha value is -2.28. The molecule has 0 aromatic heterocycles. The van der Waals surface area contributed by atoms with E-state index in [0.29, 0.717) is 18.8 Å². The molecule has 1 saturated carbocycles. The Kier molecular flexibility index (Phi) is 5.89. The first-order valence-electron chi connectivity index (χ1n) is 9.27. The Morgan fingerprint density at radius 2 is 1.67 bits per heavy atom. The van der Waals surface area contributed by atoms with Gasteiger partial charge in [-0.3, -0.25) is 0 Å². The third-order valence-electron chi connectivity index (χ3n) is 5.28. The number of benzene rings is 2. The lowest BCUT2D eigenvalue weighted by Gasteiger charge is -2.31. The molecule has 1 aliphatic carbocycles. The SMILES string of the molecule is CC1(F)CCC(CCc2ccc(C#Cc3ccc(F)c(F)c3)c(F)c2)CC1. The fourth-order valence-corrected chi connectivity index (χ4v) is 3.47. The van der Waals surface area contributed by atoms with Crippen molar-refractivity contribution in [3.8, 4) is 11.8 Å². The van der Waals surface area contributed by atoms with Crippen molar-refractivity contribution in [1.29, 1.82) is 0 Å². The van der Waals surface area contributed by atoms with E-state index in [1.54, 1.807) is 13.0 Å². The predicted molar refractivity (Wildman–Crippen MR) is 98.5 cm³/mol. The minimum Gasteiger partial charge on any atom is -0.244 e. The molecule has 1 fully saturated rings. The van der Waals surface area contributed by atoms with E-state index in [2.05, 4.69) is 11.8 Å². The zero-order valence-electron chi connectivity index (χ0n) is 15.3. The van der Waals surface area contributed by atoms with Crippen molar-refractivity contribution in [2.24, 2.45) is 5.92 Å². The van der Waals surface area contributed by atoms with Gasteiger partial charge in [0.05, 0.1) is 5.56 Å². The van der Waals surface area contributed by atoms with Crippen molar-refractivity contribution >= 4 is 0 Å². The minimum atomic E-state index is -1.03. The summed E-state index contributed by atoms with van der Waals surface area (Å²) in [6, 6.07) is 8.25. The maximum absolute atomic E-state index is 14.3. The molecule has 0 radical (unpaired) electrons. The molecule has 0 nitrogen and oxygen atoms in total. The van der Waals surface area contributed by atoms with Crippen molar-refractivity contribution in [2.45, 2.75) is 51.1 Å². The van der Waals surface area contributed by atoms with Crippen molar-refractivity contribution < 1.29 is 17.6 Å². The lowest BCUT2D eigenvalue weighted by molar-refractivity contribution is 0.101. The van der Waals surface area contributed by atoms with E-state index in [-0.39, 0.29) is 11.1 Å². The van der Waals surface area contributed by atoms with Crippen LogP contribution in [0.15, 0.2) is 36.4 Å². The second kappa shape index (κ2) is 8.17. The summed E-state index contributed by atoms with van der Waals surface area (Å²) in [6.07, 6.45) is 4.65. The highest BCUT2D eigenvalue weighted by atomic mass is 19.2. The Morgan fingerprint density at radius 1 is 0.926 bits per heavy atom. The summed E-state index contributed by atoms with van der Waals surface area (Å²) in [7, 11) is 0. The van der Waals surface area contributed by atoms with Gasteiger partial charge in [-0.15, -0.1) is 0 Å². The van der Waals surface area contributed by atoms with Gasteiger partial charge in [0.25, 0.3) is 0 Å². The lowest BCUT2D eigenvalue weighted by Crippen LogP contribution is -2.26. The molecule has 0 spiro atoms. The molecule has 0 aliphatic heterocycles. The molecule has 3 rings (SSSR count). The van der Waals surface area contributed by atoms with Crippen LogP contribution in [0.4, 0.5) is 17.6 Å². The number of alkyl halides is 1. The van der Waals surface area contributed by atoms with Crippen LogP contribution >= 0.6 is 0 Å². The molecule has 0 N–H and O–H groups in total. The first-order valence-corrected chi connectivity index (χ1v) is 9.27. The monoisotopic (exact) mass is 374 g/mol. The van der Waals surface area contributed by atoms with Crippen molar-refractivity contribution in [2.75, 3.05) is 0 Å². The molecule has 4 heteroatoms. The number of rotatable bonds is 3. The first kappa shape index (κ1) is 19.5. The van der Waals surface area contributed by atoms with Gasteiger partial charge in [0.2, 0.25) is 0 Å². The van der Waals surface area contributed by atoms with Crippen molar-refractivity contribution in [1.82, 2.24) is 0 Å². The Bertz CT molecular complexity index is 864. The van der Waals surface area contributed by atoms with Crippen LogP contribution in [0.25, 0.3) is 0 Å². The third-order valence-corrected chi connectivity index (χ3v) is 5.28. The summed E-state index contributed by atoms with van der Waals surface area (Å²) < 4.78 is 54.2. The van der Waals surface area contributed by atoms with Crippen LogP contribution < -0.4 is 0 Å². The summed E-state index contributed by atoms with van der Waals surface area (Å²) in [5.74, 6) is 3.45. The molecule has 1 aliphatic rings. The molecular weight excluding hydrogens is 352 g/mol. The van der Waals surface area contributed by atoms with E-state index < -0.39 is 23.1 Å². The summed E-state index contributed by atoms with van der Waals surface area (Å²) in [5.41, 5.74) is 0.361. The molecule has 2 aromatic rings. The fourth-order valence-electron chi connectivity index (χ4n) is 3.47. The molecule has 27 heavy (non-hydrogen) atoms. The quantitative estimate of drug-likeness (QED) is 0.433. The van der Waals surface area contributed by atoms with Crippen LogP contribution in [0.5, 0.6) is 0 Å². The van der Waals surface area contributed by atoms with Crippen LogP contribution in [0, 0.1) is 35.2 Å². The van der Waals surface area contributed by atoms with Gasteiger partial charge in [-0.05, 0) is 87.3 Å². The van der Waals surface area contributed by atoms with Gasteiger partial charge >= 0.3 is 0 Å². The molecule has 0 amide bonds. The predicted octanol–water partition coefficient (Wildman–Crippen LogP) is 6.35. The average molecular weight is 374 g/mol. The number of hydrogen-bond acceptors (Lipinski definition) is 0. The molecule has 0 unspecified atom stereocenters. The maximum atomic E-state index is 14.3. The molecule has 0 atom stereocenters. The molecule has 142 valence electrons.